The van der Waals surface area contributed by atoms with Crippen molar-refractivity contribution in [3.05, 3.63) is 44.9 Å². The van der Waals surface area contributed by atoms with Crippen molar-refractivity contribution < 1.29 is 4.92 Å². The van der Waals surface area contributed by atoms with Crippen LogP contribution in [0.1, 0.15) is 44.9 Å². The highest BCUT2D eigenvalue weighted by Crippen LogP contribution is 2.24. The number of pyridine rings is 1. The summed E-state index contributed by atoms with van der Waals surface area (Å²) in [6.07, 6.45) is 9.94. The first-order valence-electron chi connectivity index (χ1n) is 8.56. The number of fused-ring (bicyclic) bond motifs is 1. The zero-order valence-electron chi connectivity index (χ0n) is 13.6. The first-order valence-corrected chi connectivity index (χ1v) is 8.56. The summed E-state index contributed by atoms with van der Waals surface area (Å²) in [7, 11) is 0. The van der Waals surface area contributed by atoms with Crippen LogP contribution in [0.25, 0.3) is 5.65 Å². The van der Waals surface area contributed by atoms with Crippen LogP contribution < -0.4 is 10.9 Å². The molecule has 0 amide bonds. The number of hydrogen-bond donors (Lipinski definition) is 1. The smallest absolute Gasteiger partial charge is 0.364 e. The maximum Gasteiger partial charge on any atom is 0.376 e. The monoisotopic (exact) mass is 330 g/mol. The van der Waals surface area contributed by atoms with E-state index in [1.54, 1.807) is 18.2 Å². The molecule has 2 aromatic heterocycles. The molecule has 0 radical (unpaired) electrons. The second kappa shape index (κ2) is 7.42. The van der Waals surface area contributed by atoms with Gasteiger partial charge in [0.2, 0.25) is 5.82 Å². The second-order valence-electron chi connectivity index (χ2n) is 6.39. The van der Waals surface area contributed by atoms with Gasteiger partial charge in [-0.05, 0) is 30.9 Å². The molecule has 1 aliphatic rings. The summed E-state index contributed by atoms with van der Waals surface area (Å²) >= 11 is 0. The standard InChI is InChI=1S/C17H22N4O3/c22-17-15(21(23)24)16(19-14-10-6-7-11-20(14)17)18-12-13-8-4-2-1-3-5-9-13/h6-7,10-11,13,18H,1-5,8-9,12H2. The fourth-order valence-corrected chi connectivity index (χ4v) is 3.35. The SMILES string of the molecule is O=c1c([N+](=O)[O-])c(NCC2CCCCCCC2)nc2ccccn12. The lowest BCUT2D eigenvalue weighted by Gasteiger charge is -2.20. The number of anilines is 1. The zero-order valence-corrected chi connectivity index (χ0v) is 13.6. The minimum absolute atomic E-state index is 0.0817. The summed E-state index contributed by atoms with van der Waals surface area (Å²) in [5.74, 6) is 0.555. The molecule has 1 aliphatic carbocycles. The maximum absolute atomic E-state index is 12.4. The Morgan fingerprint density at radius 2 is 1.92 bits per heavy atom. The van der Waals surface area contributed by atoms with Gasteiger partial charge in [-0.2, -0.15) is 0 Å². The summed E-state index contributed by atoms with van der Waals surface area (Å²) < 4.78 is 1.21. The minimum Gasteiger partial charge on any atom is -0.364 e. The van der Waals surface area contributed by atoms with E-state index in [1.807, 2.05) is 0 Å². The molecule has 24 heavy (non-hydrogen) atoms. The normalized spacial score (nSPS) is 16.5. The van der Waals surface area contributed by atoms with Crippen LogP contribution >= 0.6 is 0 Å². The third-order valence-electron chi connectivity index (χ3n) is 4.68. The minimum atomic E-state index is -0.647. The summed E-state index contributed by atoms with van der Waals surface area (Å²) in [5, 5.41) is 14.4. The van der Waals surface area contributed by atoms with Crippen LogP contribution in [-0.4, -0.2) is 20.9 Å². The van der Waals surface area contributed by atoms with E-state index in [0.717, 1.165) is 12.8 Å². The van der Waals surface area contributed by atoms with E-state index in [-0.39, 0.29) is 5.82 Å². The van der Waals surface area contributed by atoms with Gasteiger partial charge in [0.05, 0.1) is 4.92 Å². The van der Waals surface area contributed by atoms with Gasteiger partial charge >= 0.3 is 11.2 Å². The lowest BCUT2D eigenvalue weighted by molar-refractivity contribution is -0.385. The summed E-state index contributed by atoms with van der Waals surface area (Å²) in [6, 6.07) is 5.08. The predicted molar refractivity (Wildman–Crippen MR) is 92.4 cm³/mol. The van der Waals surface area contributed by atoms with E-state index in [1.165, 1.54) is 42.7 Å². The molecule has 0 aromatic carbocycles. The Hall–Kier alpha value is -2.44. The number of rotatable bonds is 4. The highest BCUT2D eigenvalue weighted by atomic mass is 16.6. The summed E-state index contributed by atoms with van der Waals surface area (Å²) in [5.41, 5.74) is -0.719. The fraction of sp³-hybridized carbons (Fsp3) is 0.529. The van der Waals surface area contributed by atoms with Crippen LogP contribution in [-0.2, 0) is 0 Å². The van der Waals surface area contributed by atoms with Crippen molar-refractivity contribution in [3.8, 4) is 0 Å². The Morgan fingerprint density at radius 3 is 2.62 bits per heavy atom. The predicted octanol–water partition coefficient (Wildman–Crippen LogP) is 3.38. The average molecular weight is 330 g/mol. The quantitative estimate of drug-likeness (QED) is 0.685. The fourth-order valence-electron chi connectivity index (χ4n) is 3.35. The van der Waals surface area contributed by atoms with Gasteiger partial charge in [-0.1, -0.05) is 38.2 Å². The maximum atomic E-state index is 12.4. The van der Waals surface area contributed by atoms with Gasteiger partial charge in [0.25, 0.3) is 0 Å². The molecule has 0 saturated heterocycles. The lowest BCUT2D eigenvalue weighted by atomic mass is 9.91. The van der Waals surface area contributed by atoms with Gasteiger partial charge in [0.15, 0.2) is 0 Å². The van der Waals surface area contributed by atoms with Crippen molar-refractivity contribution in [2.24, 2.45) is 5.92 Å². The zero-order chi connectivity index (χ0) is 16.9. The Labute approximate surface area is 139 Å². The van der Waals surface area contributed by atoms with Crippen LogP contribution in [0.2, 0.25) is 0 Å². The molecule has 0 unspecified atom stereocenters. The van der Waals surface area contributed by atoms with E-state index in [9.17, 15) is 14.9 Å². The summed E-state index contributed by atoms with van der Waals surface area (Å²) in [4.78, 5) is 27.4. The molecule has 0 aliphatic heterocycles. The molecule has 0 atom stereocenters. The third-order valence-corrected chi connectivity index (χ3v) is 4.68. The Bertz CT molecular complexity index is 779. The van der Waals surface area contributed by atoms with Crippen LogP contribution in [0.4, 0.5) is 11.5 Å². The molecule has 128 valence electrons. The molecule has 1 fully saturated rings. The van der Waals surface area contributed by atoms with Gasteiger partial charge in [0.1, 0.15) is 5.65 Å². The van der Waals surface area contributed by atoms with Crippen LogP contribution in [0.3, 0.4) is 0 Å². The number of hydrogen-bond acceptors (Lipinski definition) is 5. The van der Waals surface area contributed by atoms with Gasteiger partial charge in [0, 0.05) is 12.7 Å². The van der Waals surface area contributed by atoms with E-state index < -0.39 is 16.2 Å². The van der Waals surface area contributed by atoms with Crippen molar-refractivity contribution in [1.29, 1.82) is 0 Å². The van der Waals surface area contributed by atoms with Crippen molar-refractivity contribution in [3.63, 3.8) is 0 Å². The Morgan fingerprint density at radius 1 is 1.21 bits per heavy atom. The van der Waals surface area contributed by atoms with E-state index in [4.69, 9.17) is 0 Å². The van der Waals surface area contributed by atoms with E-state index in [0.29, 0.717) is 18.1 Å². The van der Waals surface area contributed by atoms with Crippen LogP contribution in [0.15, 0.2) is 29.2 Å². The summed E-state index contributed by atoms with van der Waals surface area (Å²) in [6.45, 7) is 0.621. The topological polar surface area (TPSA) is 89.5 Å². The molecule has 1 N–H and O–H groups in total. The molecular weight excluding hydrogens is 308 g/mol. The van der Waals surface area contributed by atoms with Crippen molar-refractivity contribution >= 4 is 17.2 Å². The molecule has 1 saturated carbocycles. The first kappa shape index (κ1) is 16.4. The molecule has 0 spiro atoms. The largest absolute Gasteiger partial charge is 0.376 e. The Balaban J connectivity index is 1.86. The number of nitro groups is 1. The third kappa shape index (κ3) is 3.55. The molecular formula is C17H22N4O3. The first-order chi connectivity index (χ1) is 11.7. The van der Waals surface area contributed by atoms with Gasteiger partial charge in [-0.15, -0.1) is 0 Å². The molecule has 2 heterocycles. The van der Waals surface area contributed by atoms with Crippen LogP contribution in [0, 0.1) is 16.0 Å². The average Bonchev–Trinajstić information content (AvgIpc) is 2.53. The molecule has 3 rings (SSSR count). The van der Waals surface area contributed by atoms with Gasteiger partial charge < -0.3 is 5.32 Å². The number of nitrogens with one attached hydrogen (secondary N) is 1. The number of nitrogens with zero attached hydrogens (tertiary/aromatic N) is 3. The van der Waals surface area contributed by atoms with Crippen molar-refractivity contribution in [2.45, 2.75) is 44.9 Å². The van der Waals surface area contributed by atoms with Gasteiger partial charge in [-0.3, -0.25) is 19.3 Å². The van der Waals surface area contributed by atoms with Crippen LogP contribution in [0.5, 0.6) is 0 Å². The second-order valence-corrected chi connectivity index (χ2v) is 6.39. The Kier molecular flexibility index (Phi) is 5.08. The lowest BCUT2D eigenvalue weighted by Crippen LogP contribution is -2.23. The number of aromatic nitrogens is 2. The van der Waals surface area contributed by atoms with Gasteiger partial charge in [-0.25, -0.2) is 4.98 Å². The molecule has 7 nitrogen and oxygen atoms in total. The molecule has 7 heteroatoms. The highest BCUT2D eigenvalue weighted by molar-refractivity contribution is 5.59. The van der Waals surface area contributed by atoms with E-state index in [2.05, 4.69) is 10.3 Å². The highest BCUT2D eigenvalue weighted by Gasteiger charge is 2.24. The van der Waals surface area contributed by atoms with Crippen molar-refractivity contribution in [2.75, 3.05) is 11.9 Å². The molecule has 0 bridgehead atoms. The van der Waals surface area contributed by atoms with E-state index >= 15 is 0 Å². The molecule has 2 aromatic rings. The van der Waals surface area contributed by atoms with Crippen molar-refractivity contribution in [1.82, 2.24) is 9.38 Å².